The summed E-state index contributed by atoms with van der Waals surface area (Å²) in [5.41, 5.74) is 6.80. The molecule has 0 atom stereocenters. The fraction of sp³-hybridized carbons (Fsp3) is 0. The Morgan fingerprint density at radius 3 is 2.87 bits per heavy atom. The van der Waals surface area contributed by atoms with Gasteiger partial charge in [0.2, 0.25) is 5.88 Å². The molecule has 15 heavy (non-hydrogen) atoms. The maximum atomic E-state index is 10.9. The normalized spacial score (nSPS) is 10.4. The Morgan fingerprint density at radius 1 is 1.53 bits per heavy atom. The van der Waals surface area contributed by atoms with Gasteiger partial charge in [-0.1, -0.05) is 18.7 Å². The average Bonchev–Trinajstić information content (AvgIpc) is 2.52. The number of furan rings is 1. The molecule has 0 amide bonds. The second-order valence-corrected chi connectivity index (χ2v) is 3.11. The van der Waals surface area contributed by atoms with E-state index in [9.17, 15) is 4.79 Å². The smallest absolute Gasteiger partial charge is 0.341 e. The van der Waals surface area contributed by atoms with Crippen LogP contribution in [0.5, 0.6) is 0 Å². The van der Waals surface area contributed by atoms with E-state index in [4.69, 9.17) is 15.3 Å². The molecular formula is C11H9NO3. The van der Waals surface area contributed by atoms with Gasteiger partial charge in [0.1, 0.15) is 11.1 Å². The van der Waals surface area contributed by atoms with Crippen LogP contribution < -0.4 is 5.73 Å². The lowest BCUT2D eigenvalue weighted by molar-refractivity contribution is 0.0699. The Morgan fingerprint density at radius 2 is 2.27 bits per heavy atom. The van der Waals surface area contributed by atoms with Crippen molar-refractivity contribution in [3.63, 3.8) is 0 Å². The third kappa shape index (κ3) is 1.36. The first kappa shape index (κ1) is 9.33. The zero-order chi connectivity index (χ0) is 11.0. The summed E-state index contributed by atoms with van der Waals surface area (Å²) < 4.78 is 5.15. The highest BCUT2D eigenvalue weighted by atomic mass is 16.4. The zero-order valence-corrected chi connectivity index (χ0v) is 7.86. The number of anilines is 1. The van der Waals surface area contributed by atoms with Gasteiger partial charge in [0, 0.05) is 5.39 Å². The first-order valence-electron chi connectivity index (χ1n) is 4.31. The lowest BCUT2D eigenvalue weighted by atomic mass is 10.1. The SMILES string of the molecule is C=Cc1ccc2c(C(=O)O)c(N)oc2c1. The molecule has 0 unspecified atom stereocenters. The summed E-state index contributed by atoms with van der Waals surface area (Å²) in [7, 11) is 0. The molecule has 0 aliphatic carbocycles. The first-order chi connectivity index (χ1) is 7.13. The van der Waals surface area contributed by atoms with Crippen LogP contribution in [-0.2, 0) is 0 Å². The van der Waals surface area contributed by atoms with Crippen LogP contribution in [0.4, 0.5) is 5.88 Å². The molecule has 0 saturated carbocycles. The first-order valence-corrected chi connectivity index (χ1v) is 4.31. The van der Waals surface area contributed by atoms with Crippen molar-refractivity contribution in [1.82, 2.24) is 0 Å². The molecule has 0 aliphatic heterocycles. The van der Waals surface area contributed by atoms with E-state index in [1.165, 1.54) is 0 Å². The summed E-state index contributed by atoms with van der Waals surface area (Å²) in [6, 6.07) is 5.12. The highest BCUT2D eigenvalue weighted by Crippen LogP contribution is 2.28. The van der Waals surface area contributed by atoms with E-state index in [2.05, 4.69) is 6.58 Å². The molecule has 4 heteroatoms. The Balaban J connectivity index is 2.79. The predicted octanol–water partition coefficient (Wildman–Crippen LogP) is 2.36. The maximum Gasteiger partial charge on any atom is 0.341 e. The van der Waals surface area contributed by atoms with Crippen molar-refractivity contribution in [3.8, 4) is 0 Å². The molecule has 1 aromatic carbocycles. The van der Waals surface area contributed by atoms with Gasteiger partial charge in [-0.2, -0.15) is 0 Å². The Kier molecular flexibility index (Phi) is 1.97. The fourth-order valence-corrected chi connectivity index (χ4v) is 1.48. The number of fused-ring (bicyclic) bond motifs is 1. The van der Waals surface area contributed by atoms with Gasteiger partial charge >= 0.3 is 5.97 Å². The second-order valence-electron chi connectivity index (χ2n) is 3.11. The van der Waals surface area contributed by atoms with Gasteiger partial charge < -0.3 is 15.3 Å². The monoisotopic (exact) mass is 203 g/mol. The van der Waals surface area contributed by atoms with Gasteiger partial charge in [0.15, 0.2) is 0 Å². The van der Waals surface area contributed by atoms with Crippen molar-refractivity contribution >= 4 is 28.9 Å². The molecule has 0 spiro atoms. The van der Waals surface area contributed by atoms with E-state index in [-0.39, 0.29) is 11.4 Å². The molecule has 4 nitrogen and oxygen atoms in total. The molecule has 3 N–H and O–H groups in total. The van der Waals surface area contributed by atoms with E-state index in [1.54, 1.807) is 24.3 Å². The number of carboxylic acids is 1. The summed E-state index contributed by atoms with van der Waals surface area (Å²) in [6.07, 6.45) is 1.65. The minimum absolute atomic E-state index is 0.0145. The van der Waals surface area contributed by atoms with E-state index in [0.29, 0.717) is 11.0 Å². The largest absolute Gasteiger partial charge is 0.477 e. The zero-order valence-electron chi connectivity index (χ0n) is 7.86. The maximum absolute atomic E-state index is 10.9. The van der Waals surface area contributed by atoms with Crippen LogP contribution in [0.2, 0.25) is 0 Å². The minimum atomic E-state index is -1.09. The number of hydrogen-bond donors (Lipinski definition) is 2. The van der Waals surface area contributed by atoms with Gasteiger partial charge in [-0.25, -0.2) is 4.79 Å². The molecule has 2 aromatic rings. The van der Waals surface area contributed by atoms with Crippen molar-refractivity contribution in [1.29, 1.82) is 0 Å². The lowest BCUT2D eigenvalue weighted by Crippen LogP contribution is -1.98. The number of nitrogen functional groups attached to an aromatic ring is 1. The Hall–Kier alpha value is -2.23. The molecule has 0 bridgehead atoms. The van der Waals surface area contributed by atoms with Gasteiger partial charge in [-0.3, -0.25) is 0 Å². The molecule has 0 saturated heterocycles. The number of aromatic carboxylic acids is 1. The van der Waals surface area contributed by atoms with Crippen molar-refractivity contribution in [2.45, 2.75) is 0 Å². The number of hydrogen-bond acceptors (Lipinski definition) is 3. The topological polar surface area (TPSA) is 76.5 Å². The Labute approximate surface area is 85.6 Å². The molecule has 76 valence electrons. The van der Waals surface area contributed by atoms with Crippen molar-refractivity contribution in [3.05, 3.63) is 35.9 Å². The van der Waals surface area contributed by atoms with Gasteiger partial charge in [0.25, 0.3) is 0 Å². The van der Waals surface area contributed by atoms with Crippen LogP contribution in [0.25, 0.3) is 17.0 Å². The van der Waals surface area contributed by atoms with Gasteiger partial charge in [-0.05, 0) is 17.7 Å². The number of carboxylic acid groups (broad SMARTS) is 1. The van der Waals surface area contributed by atoms with E-state index < -0.39 is 5.97 Å². The summed E-state index contributed by atoms with van der Waals surface area (Å²) in [5.74, 6) is -1.16. The average molecular weight is 203 g/mol. The molecule has 0 radical (unpaired) electrons. The van der Waals surface area contributed by atoms with Crippen molar-refractivity contribution in [2.75, 3.05) is 5.73 Å². The molecule has 1 aromatic heterocycles. The predicted molar refractivity (Wildman–Crippen MR) is 57.7 cm³/mol. The summed E-state index contributed by atoms with van der Waals surface area (Å²) in [6.45, 7) is 3.61. The van der Waals surface area contributed by atoms with Crippen LogP contribution in [0.3, 0.4) is 0 Å². The third-order valence-corrected chi connectivity index (χ3v) is 2.19. The molecule has 0 fully saturated rings. The number of benzene rings is 1. The standard InChI is InChI=1S/C11H9NO3/c1-2-6-3-4-7-8(5-6)15-10(12)9(7)11(13)14/h2-5H,1,12H2,(H,13,14). The highest BCUT2D eigenvalue weighted by molar-refractivity contribution is 6.07. The molecule has 1 heterocycles. The molecule has 2 rings (SSSR count). The fourth-order valence-electron chi connectivity index (χ4n) is 1.48. The quantitative estimate of drug-likeness (QED) is 0.785. The number of rotatable bonds is 2. The van der Waals surface area contributed by atoms with Crippen LogP contribution in [0.15, 0.2) is 29.2 Å². The van der Waals surface area contributed by atoms with E-state index in [1.807, 2.05) is 0 Å². The van der Waals surface area contributed by atoms with Crippen molar-refractivity contribution in [2.24, 2.45) is 0 Å². The lowest BCUT2D eigenvalue weighted by Gasteiger charge is -1.92. The van der Waals surface area contributed by atoms with Crippen LogP contribution in [-0.4, -0.2) is 11.1 Å². The number of nitrogens with two attached hydrogens (primary N) is 1. The van der Waals surface area contributed by atoms with E-state index >= 15 is 0 Å². The second kappa shape index (κ2) is 3.16. The van der Waals surface area contributed by atoms with Crippen LogP contribution in [0, 0.1) is 0 Å². The minimum Gasteiger partial charge on any atom is -0.477 e. The van der Waals surface area contributed by atoms with E-state index in [0.717, 1.165) is 5.56 Å². The molecule has 0 aliphatic rings. The highest BCUT2D eigenvalue weighted by Gasteiger charge is 2.17. The van der Waals surface area contributed by atoms with Crippen molar-refractivity contribution < 1.29 is 14.3 Å². The Bertz CT molecular complexity index is 554. The summed E-state index contributed by atoms with van der Waals surface area (Å²) >= 11 is 0. The summed E-state index contributed by atoms with van der Waals surface area (Å²) in [5, 5.41) is 9.42. The van der Waals surface area contributed by atoms with Gasteiger partial charge in [0.05, 0.1) is 0 Å². The molecular weight excluding hydrogens is 194 g/mol. The van der Waals surface area contributed by atoms with Crippen LogP contribution >= 0.6 is 0 Å². The van der Waals surface area contributed by atoms with Crippen LogP contribution in [0.1, 0.15) is 15.9 Å². The van der Waals surface area contributed by atoms with Gasteiger partial charge in [-0.15, -0.1) is 0 Å². The third-order valence-electron chi connectivity index (χ3n) is 2.19. The number of carbonyl (C=O) groups is 1. The summed E-state index contributed by atoms with van der Waals surface area (Å²) in [4.78, 5) is 10.9.